The Bertz CT molecular complexity index is 1060. The largest absolute Gasteiger partial charge is 0.465 e. The van der Waals surface area contributed by atoms with Crippen molar-refractivity contribution in [1.82, 2.24) is 25.1 Å². The van der Waals surface area contributed by atoms with Crippen molar-refractivity contribution in [3.05, 3.63) is 51.4 Å². The van der Waals surface area contributed by atoms with Gasteiger partial charge in [-0.3, -0.25) is 9.89 Å². The molecule has 3 N–H and O–H groups in total. The molecule has 0 bridgehead atoms. The molecule has 1 aromatic carbocycles. The monoisotopic (exact) mass is 377 g/mol. The van der Waals surface area contributed by atoms with Crippen LogP contribution in [0.5, 0.6) is 0 Å². The van der Waals surface area contributed by atoms with Crippen molar-refractivity contribution in [2.75, 3.05) is 0 Å². The molecule has 8 nitrogen and oxygen atoms in total. The summed E-state index contributed by atoms with van der Waals surface area (Å²) in [6.07, 6.45) is 1.85. The summed E-state index contributed by atoms with van der Waals surface area (Å²) >= 11 is 5.99. The van der Waals surface area contributed by atoms with Gasteiger partial charge in [-0.1, -0.05) is 11.6 Å². The second kappa shape index (κ2) is 6.10. The lowest BCUT2D eigenvalue weighted by Crippen LogP contribution is -2.35. The van der Waals surface area contributed by atoms with Crippen molar-refractivity contribution in [2.45, 2.75) is 18.9 Å². The Morgan fingerprint density at radius 2 is 2.19 bits per heavy atom. The fourth-order valence-corrected chi connectivity index (χ4v) is 3.24. The number of carbonyl (C=O) groups is 1. The third-order valence-corrected chi connectivity index (χ3v) is 4.70. The van der Waals surface area contributed by atoms with Gasteiger partial charge in [0.1, 0.15) is 17.5 Å². The zero-order chi connectivity index (χ0) is 18.4. The van der Waals surface area contributed by atoms with E-state index in [9.17, 15) is 19.1 Å². The molecular weight excluding hydrogens is 365 g/mol. The normalized spacial score (nSPS) is 15.2. The van der Waals surface area contributed by atoms with Gasteiger partial charge in [-0.25, -0.2) is 18.7 Å². The summed E-state index contributed by atoms with van der Waals surface area (Å²) in [5.74, 6) is -0.207. The highest BCUT2D eigenvalue weighted by atomic mass is 35.5. The van der Waals surface area contributed by atoms with E-state index in [0.29, 0.717) is 0 Å². The minimum Gasteiger partial charge on any atom is -0.465 e. The number of hydrogen-bond acceptors (Lipinski definition) is 4. The molecule has 2 aromatic heterocycles. The predicted octanol–water partition coefficient (Wildman–Crippen LogP) is 2.62. The lowest BCUT2D eigenvalue weighted by Gasteiger charge is -2.20. The second-order valence-corrected chi connectivity index (χ2v) is 6.45. The van der Waals surface area contributed by atoms with Gasteiger partial charge in [0.25, 0.3) is 5.56 Å². The molecule has 1 aliphatic rings. The van der Waals surface area contributed by atoms with Crippen LogP contribution in [0.25, 0.3) is 16.7 Å². The Morgan fingerprint density at radius 3 is 2.81 bits per heavy atom. The van der Waals surface area contributed by atoms with Crippen LogP contribution in [0.1, 0.15) is 24.7 Å². The topological polar surface area (TPSA) is 113 Å². The van der Waals surface area contributed by atoms with E-state index in [-0.39, 0.29) is 33.5 Å². The number of H-pyrrole nitrogens is 1. The van der Waals surface area contributed by atoms with Crippen molar-refractivity contribution < 1.29 is 14.3 Å². The van der Waals surface area contributed by atoms with Crippen molar-refractivity contribution in [3.8, 4) is 5.82 Å². The molecule has 1 aliphatic carbocycles. The number of nitrogens with zero attached hydrogens (tertiary/aromatic N) is 3. The first-order valence-corrected chi connectivity index (χ1v) is 8.25. The molecule has 3 aromatic rings. The van der Waals surface area contributed by atoms with Crippen LogP contribution in [0.3, 0.4) is 0 Å². The van der Waals surface area contributed by atoms with E-state index >= 15 is 0 Å². The number of aromatic nitrogens is 4. The molecule has 1 fully saturated rings. The minimum absolute atomic E-state index is 0.0283. The van der Waals surface area contributed by atoms with Crippen molar-refractivity contribution in [3.63, 3.8) is 0 Å². The summed E-state index contributed by atoms with van der Waals surface area (Å²) in [4.78, 5) is 28.8. The number of nitrogens with one attached hydrogen (secondary N) is 2. The van der Waals surface area contributed by atoms with E-state index in [2.05, 4.69) is 20.5 Å². The van der Waals surface area contributed by atoms with Crippen molar-refractivity contribution in [2.24, 2.45) is 5.92 Å². The number of benzene rings is 1. The Hall–Kier alpha value is -2.94. The third-order valence-electron chi connectivity index (χ3n) is 4.33. The zero-order valence-electron chi connectivity index (χ0n) is 13.2. The molecule has 1 atom stereocenters. The minimum atomic E-state index is -1.22. The number of halogens is 2. The lowest BCUT2D eigenvalue weighted by molar-refractivity contribution is 0.187. The average Bonchev–Trinajstić information content (AvgIpc) is 3.30. The van der Waals surface area contributed by atoms with Crippen LogP contribution in [-0.4, -0.2) is 30.9 Å². The first-order valence-electron chi connectivity index (χ1n) is 7.87. The summed E-state index contributed by atoms with van der Waals surface area (Å²) in [5.41, 5.74) is -0.401. The maximum Gasteiger partial charge on any atom is 0.405 e. The smallest absolute Gasteiger partial charge is 0.405 e. The molecule has 0 radical (unpaired) electrons. The molecule has 1 unspecified atom stereocenters. The molecule has 10 heteroatoms. The van der Waals surface area contributed by atoms with Crippen LogP contribution in [0.4, 0.5) is 9.18 Å². The molecule has 0 spiro atoms. The Kier molecular flexibility index (Phi) is 3.87. The van der Waals surface area contributed by atoms with E-state index in [4.69, 9.17) is 11.6 Å². The number of fused-ring (bicyclic) bond motifs is 1. The van der Waals surface area contributed by atoms with Gasteiger partial charge in [0.15, 0.2) is 0 Å². The highest BCUT2D eigenvalue weighted by molar-refractivity contribution is 6.35. The summed E-state index contributed by atoms with van der Waals surface area (Å²) in [6.45, 7) is 0. The Balaban J connectivity index is 2.05. The van der Waals surface area contributed by atoms with Gasteiger partial charge in [0, 0.05) is 6.07 Å². The van der Waals surface area contributed by atoms with Crippen LogP contribution in [0, 0.1) is 11.7 Å². The van der Waals surface area contributed by atoms with Gasteiger partial charge >= 0.3 is 6.09 Å². The van der Waals surface area contributed by atoms with E-state index in [1.807, 2.05) is 0 Å². The predicted molar refractivity (Wildman–Crippen MR) is 91.1 cm³/mol. The number of hydrogen-bond donors (Lipinski definition) is 3. The number of carboxylic acid groups (broad SMARTS) is 1. The summed E-state index contributed by atoms with van der Waals surface area (Å²) in [6, 6.07) is 3.33. The molecule has 1 amide bonds. The Labute approximate surface area is 150 Å². The van der Waals surface area contributed by atoms with Gasteiger partial charge in [0.2, 0.25) is 0 Å². The average molecular weight is 378 g/mol. The fraction of sp³-hybridized carbons (Fsp3) is 0.250. The quantitative estimate of drug-likeness (QED) is 0.646. The zero-order valence-corrected chi connectivity index (χ0v) is 14.0. The van der Waals surface area contributed by atoms with E-state index in [1.54, 1.807) is 0 Å². The van der Waals surface area contributed by atoms with Gasteiger partial charge in [-0.15, -0.1) is 0 Å². The molecule has 4 rings (SSSR count). The Morgan fingerprint density at radius 1 is 1.42 bits per heavy atom. The van der Waals surface area contributed by atoms with E-state index < -0.39 is 23.5 Å². The summed E-state index contributed by atoms with van der Waals surface area (Å²) < 4.78 is 15.0. The molecule has 0 saturated heterocycles. The maximum absolute atomic E-state index is 13.9. The number of rotatable bonds is 4. The highest BCUT2D eigenvalue weighted by Gasteiger charge is 2.37. The third kappa shape index (κ3) is 2.70. The second-order valence-electron chi connectivity index (χ2n) is 6.07. The standard InChI is InChI=1S/C16H13ClFN5O3/c17-12-8(18)3-4-9-11(12)15(24)23(10-5-6-19-22-10)14(20-9)13(7-1-2-7)21-16(25)26/h3-7,13,21H,1-2H2,(H,19,22)(H,25,26). The summed E-state index contributed by atoms with van der Waals surface area (Å²) in [5, 5.41) is 17.7. The molecule has 2 heterocycles. The molecule has 1 saturated carbocycles. The van der Waals surface area contributed by atoms with Gasteiger partial charge < -0.3 is 10.4 Å². The summed E-state index contributed by atoms with van der Waals surface area (Å²) in [7, 11) is 0. The van der Waals surface area contributed by atoms with E-state index in [1.165, 1.54) is 22.9 Å². The highest BCUT2D eigenvalue weighted by Crippen LogP contribution is 2.41. The van der Waals surface area contributed by atoms with E-state index in [0.717, 1.165) is 18.9 Å². The molecule has 0 aliphatic heterocycles. The SMILES string of the molecule is O=C(O)NC(c1nc2ccc(F)c(Cl)c2c(=O)n1-c1ccn[nH]1)C1CC1. The van der Waals surface area contributed by atoms with Crippen molar-refractivity contribution in [1.29, 1.82) is 0 Å². The van der Waals surface area contributed by atoms with Crippen LogP contribution in [0.2, 0.25) is 5.02 Å². The molecular formula is C16H13ClFN5O3. The lowest BCUT2D eigenvalue weighted by atomic mass is 10.1. The van der Waals surface area contributed by atoms with Crippen LogP contribution < -0.4 is 10.9 Å². The first-order chi connectivity index (χ1) is 12.5. The first kappa shape index (κ1) is 16.5. The fourth-order valence-electron chi connectivity index (χ4n) is 3.00. The van der Waals surface area contributed by atoms with Crippen LogP contribution >= 0.6 is 11.6 Å². The van der Waals surface area contributed by atoms with Crippen LogP contribution in [-0.2, 0) is 0 Å². The molecule has 26 heavy (non-hydrogen) atoms. The number of aromatic amines is 1. The van der Waals surface area contributed by atoms with Crippen molar-refractivity contribution >= 4 is 28.6 Å². The maximum atomic E-state index is 13.9. The van der Waals surface area contributed by atoms with Gasteiger partial charge in [0.05, 0.1) is 28.2 Å². The van der Waals surface area contributed by atoms with Crippen LogP contribution in [0.15, 0.2) is 29.2 Å². The molecule has 134 valence electrons. The van der Waals surface area contributed by atoms with Gasteiger partial charge in [-0.2, -0.15) is 5.10 Å². The van der Waals surface area contributed by atoms with Gasteiger partial charge in [-0.05, 0) is 30.9 Å². The number of amides is 1.